The second-order valence-corrected chi connectivity index (χ2v) is 9.97. The fraction of sp³-hybridized carbons (Fsp3) is 0.258. The Bertz CT molecular complexity index is 1700. The third-order valence-corrected chi connectivity index (χ3v) is 7.34. The third kappa shape index (κ3) is 4.93. The lowest BCUT2D eigenvalue weighted by Crippen LogP contribution is -2.49. The maximum absolute atomic E-state index is 14.1. The summed E-state index contributed by atoms with van der Waals surface area (Å²) in [4.78, 5) is 58.4. The van der Waals surface area contributed by atoms with Crippen LogP contribution in [0.1, 0.15) is 53.6 Å². The third-order valence-electron chi connectivity index (χ3n) is 7.34. The fourth-order valence-electron chi connectivity index (χ4n) is 5.55. The molecule has 3 N–H and O–H groups in total. The van der Waals surface area contributed by atoms with Crippen molar-refractivity contribution in [3.05, 3.63) is 111 Å². The van der Waals surface area contributed by atoms with Crippen molar-refractivity contribution in [2.45, 2.75) is 45.6 Å². The number of benzene rings is 1. The number of pyridine rings is 2. The molecule has 41 heavy (non-hydrogen) atoms. The number of esters is 1. The minimum atomic E-state index is -1.08. The van der Waals surface area contributed by atoms with Crippen molar-refractivity contribution in [2.24, 2.45) is 5.73 Å². The highest BCUT2D eigenvalue weighted by atomic mass is 16.5. The number of fused-ring (bicyclic) bond motifs is 1. The first kappa shape index (κ1) is 27.6. The van der Waals surface area contributed by atoms with Gasteiger partial charge < -0.3 is 15.0 Å². The van der Waals surface area contributed by atoms with Crippen LogP contribution in [0.25, 0.3) is 10.9 Å². The Hall–Kier alpha value is -4.99. The molecule has 3 aromatic rings. The van der Waals surface area contributed by atoms with Crippen LogP contribution in [0, 0.1) is 6.92 Å². The van der Waals surface area contributed by atoms with Gasteiger partial charge in [0, 0.05) is 47.8 Å². The summed E-state index contributed by atoms with van der Waals surface area (Å²) in [5.74, 6) is -2.70. The maximum atomic E-state index is 14.1. The minimum absolute atomic E-state index is 0.0448. The molecule has 1 atom stereocenters. The molecule has 210 valence electrons. The van der Waals surface area contributed by atoms with Crippen molar-refractivity contribution >= 4 is 28.6 Å². The number of nitrogens with two attached hydrogens (primary N) is 1. The van der Waals surface area contributed by atoms with E-state index in [1.807, 2.05) is 25.1 Å². The predicted octanol–water partition coefficient (Wildman–Crippen LogP) is 3.38. The summed E-state index contributed by atoms with van der Waals surface area (Å²) in [7, 11) is 0. The molecule has 0 bridgehead atoms. The summed E-state index contributed by atoms with van der Waals surface area (Å²) >= 11 is 0. The second kappa shape index (κ2) is 11.2. The van der Waals surface area contributed by atoms with Crippen molar-refractivity contribution in [2.75, 3.05) is 6.61 Å². The minimum Gasteiger partial charge on any atom is -0.463 e. The van der Waals surface area contributed by atoms with Gasteiger partial charge in [0.25, 0.3) is 11.5 Å². The molecule has 3 heterocycles. The van der Waals surface area contributed by atoms with Crippen LogP contribution < -0.4 is 16.7 Å². The molecule has 10 nitrogen and oxygen atoms in total. The average Bonchev–Trinajstić information content (AvgIpc) is 2.96. The standard InChI is InChI=1S/C31H31N5O5/c1-4-15-35-22-10-9-18(3)16-20(22)17-21(30(35)39)25-26-23(7-6-8-24(26)37)36(28(32)27(25)31(40)41-5-2)34-29(38)19-11-13-33-14-12-19/h4,9-14,16-17,25H,1,5-8,15,32H2,2-3H3,(H,34,38). The zero-order valence-corrected chi connectivity index (χ0v) is 23.0. The van der Waals surface area contributed by atoms with Crippen molar-refractivity contribution in [1.82, 2.24) is 20.0 Å². The van der Waals surface area contributed by atoms with E-state index in [1.165, 1.54) is 29.5 Å². The highest BCUT2D eigenvalue weighted by molar-refractivity contribution is 6.04. The van der Waals surface area contributed by atoms with E-state index in [1.54, 1.807) is 23.6 Å². The molecule has 2 aliphatic rings. The molecule has 10 heteroatoms. The number of hydrogen-bond donors (Lipinski definition) is 2. The van der Waals surface area contributed by atoms with E-state index in [0.29, 0.717) is 29.6 Å². The SMILES string of the molecule is C=CCn1c(=O)c(C2C(C(=O)OCC)=C(N)N(NC(=O)c3ccncc3)C3=C2C(=O)CCC3)cc2cc(C)ccc21. The van der Waals surface area contributed by atoms with Gasteiger partial charge in [0.1, 0.15) is 5.82 Å². The number of aromatic nitrogens is 2. The molecule has 1 aromatic carbocycles. The number of ketones is 1. The number of rotatable bonds is 7. The smallest absolute Gasteiger partial charge is 0.338 e. The van der Waals surface area contributed by atoms with Crippen LogP contribution in [0.5, 0.6) is 0 Å². The first-order valence-corrected chi connectivity index (χ1v) is 13.5. The molecule has 0 radical (unpaired) electrons. The van der Waals surface area contributed by atoms with Crippen molar-refractivity contribution < 1.29 is 19.1 Å². The van der Waals surface area contributed by atoms with Gasteiger partial charge in [0.15, 0.2) is 5.78 Å². The Balaban J connectivity index is 1.77. The number of ether oxygens (including phenoxy) is 1. The largest absolute Gasteiger partial charge is 0.463 e. The van der Waals surface area contributed by atoms with Crippen LogP contribution in [0.15, 0.2) is 88.9 Å². The number of allylic oxidation sites excluding steroid dienone is 3. The number of carbonyl (C=O) groups is 3. The first-order chi connectivity index (χ1) is 19.8. The zero-order valence-electron chi connectivity index (χ0n) is 23.0. The van der Waals surface area contributed by atoms with Gasteiger partial charge in [-0.1, -0.05) is 17.7 Å². The number of hydrogen-bond acceptors (Lipinski definition) is 8. The molecule has 0 spiro atoms. The molecule has 5 rings (SSSR count). The Labute approximate surface area is 236 Å². The zero-order chi connectivity index (χ0) is 29.3. The van der Waals surface area contributed by atoms with Gasteiger partial charge >= 0.3 is 5.97 Å². The van der Waals surface area contributed by atoms with E-state index in [2.05, 4.69) is 17.0 Å². The Kier molecular flexibility index (Phi) is 7.56. The molecular formula is C31H31N5O5. The van der Waals surface area contributed by atoms with Crippen LogP contribution in [0.2, 0.25) is 0 Å². The molecule has 0 saturated carbocycles. The average molecular weight is 554 g/mol. The number of amides is 1. The lowest BCUT2D eigenvalue weighted by atomic mass is 9.75. The van der Waals surface area contributed by atoms with Gasteiger partial charge in [-0.15, -0.1) is 6.58 Å². The Morgan fingerprint density at radius 1 is 1.17 bits per heavy atom. The molecule has 0 fully saturated rings. The molecular weight excluding hydrogens is 522 g/mol. The van der Waals surface area contributed by atoms with Crippen LogP contribution in [-0.2, 0) is 20.9 Å². The predicted molar refractivity (Wildman–Crippen MR) is 153 cm³/mol. The van der Waals surface area contributed by atoms with Gasteiger partial charge in [-0.2, -0.15) is 0 Å². The Morgan fingerprint density at radius 3 is 2.63 bits per heavy atom. The molecule has 0 saturated heterocycles. The van der Waals surface area contributed by atoms with E-state index in [9.17, 15) is 19.2 Å². The van der Waals surface area contributed by atoms with E-state index in [0.717, 1.165) is 10.9 Å². The van der Waals surface area contributed by atoms with Gasteiger partial charge in [0.05, 0.1) is 23.6 Å². The number of Topliss-reactive ketones (excluding diaryl/α,β-unsaturated/α-hetero) is 1. The lowest BCUT2D eigenvalue weighted by molar-refractivity contribution is -0.139. The highest BCUT2D eigenvalue weighted by Gasteiger charge is 2.44. The summed E-state index contributed by atoms with van der Waals surface area (Å²) in [6.45, 7) is 7.67. The Morgan fingerprint density at radius 2 is 1.93 bits per heavy atom. The maximum Gasteiger partial charge on any atom is 0.338 e. The van der Waals surface area contributed by atoms with Gasteiger partial charge in [-0.3, -0.25) is 24.8 Å². The molecule has 1 aliphatic carbocycles. The van der Waals surface area contributed by atoms with Gasteiger partial charge in [-0.25, -0.2) is 9.80 Å². The number of aryl methyl sites for hydroxylation is 1. The van der Waals surface area contributed by atoms with E-state index < -0.39 is 17.8 Å². The highest BCUT2D eigenvalue weighted by Crippen LogP contribution is 2.44. The van der Waals surface area contributed by atoms with Crippen molar-refractivity contribution in [1.29, 1.82) is 0 Å². The lowest BCUT2D eigenvalue weighted by Gasteiger charge is -2.40. The summed E-state index contributed by atoms with van der Waals surface area (Å²) in [6.07, 6.45) is 5.73. The number of carbonyl (C=O) groups excluding carboxylic acids is 3. The molecule has 1 aliphatic heterocycles. The summed E-state index contributed by atoms with van der Waals surface area (Å²) in [5, 5.41) is 2.06. The number of nitrogens with one attached hydrogen (secondary N) is 1. The quantitative estimate of drug-likeness (QED) is 0.336. The topological polar surface area (TPSA) is 137 Å². The summed E-state index contributed by atoms with van der Waals surface area (Å²) < 4.78 is 6.97. The van der Waals surface area contributed by atoms with E-state index >= 15 is 0 Å². The summed E-state index contributed by atoms with van der Waals surface area (Å²) in [5.41, 5.74) is 11.9. The molecule has 2 aromatic heterocycles. The second-order valence-electron chi connectivity index (χ2n) is 9.97. The normalized spacial score (nSPS) is 17.0. The van der Waals surface area contributed by atoms with E-state index in [-0.39, 0.29) is 53.4 Å². The van der Waals surface area contributed by atoms with Crippen LogP contribution in [0.3, 0.4) is 0 Å². The summed E-state index contributed by atoms with van der Waals surface area (Å²) in [6, 6.07) is 10.5. The van der Waals surface area contributed by atoms with Crippen LogP contribution in [0.4, 0.5) is 0 Å². The monoisotopic (exact) mass is 553 g/mol. The van der Waals surface area contributed by atoms with Gasteiger partial charge in [0.2, 0.25) is 0 Å². The fourth-order valence-corrected chi connectivity index (χ4v) is 5.55. The van der Waals surface area contributed by atoms with Gasteiger partial charge in [-0.05, 0) is 62.4 Å². The van der Waals surface area contributed by atoms with Crippen LogP contribution in [-0.4, -0.2) is 38.8 Å². The van der Waals surface area contributed by atoms with E-state index in [4.69, 9.17) is 10.5 Å². The van der Waals surface area contributed by atoms with Crippen LogP contribution >= 0.6 is 0 Å². The number of hydrazine groups is 1. The van der Waals surface area contributed by atoms with Crippen molar-refractivity contribution in [3.63, 3.8) is 0 Å². The molecule has 1 unspecified atom stereocenters. The number of nitrogens with zero attached hydrogens (tertiary/aromatic N) is 3. The van der Waals surface area contributed by atoms with Crippen molar-refractivity contribution in [3.8, 4) is 0 Å². The first-order valence-electron chi connectivity index (χ1n) is 13.5. The molecule has 1 amide bonds.